The van der Waals surface area contributed by atoms with E-state index in [1.807, 2.05) is 25.1 Å². The first-order valence-corrected chi connectivity index (χ1v) is 5.93. The molecule has 0 aliphatic rings. The van der Waals surface area contributed by atoms with E-state index in [2.05, 4.69) is 11.1 Å². The SMILES string of the molecule is Cc1ncccc1OCc1ccc(CN)s1. The second-order valence-corrected chi connectivity index (χ2v) is 4.70. The predicted molar refractivity (Wildman–Crippen MR) is 65.5 cm³/mol. The van der Waals surface area contributed by atoms with Gasteiger partial charge in [-0.2, -0.15) is 0 Å². The summed E-state index contributed by atoms with van der Waals surface area (Å²) in [5, 5.41) is 0. The van der Waals surface area contributed by atoms with Crippen molar-refractivity contribution in [1.29, 1.82) is 0 Å². The van der Waals surface area contributed by atoms with Crippen LogP contribution in [0.3, 0.4) is 0 Å². The molecular formula is C12H14N2OS. The van der Waals surface area contributed by atoms with Crippen molar-refractivity contribution in [3.05, 3.63) is 45.9 Å². The lowest BCUT2D eigenvalue weighted by atomic mass is 10.3. The molecular weight excluding hydrogens is 220 g/mol. The van der Waals surface area contributed by atoms with Crippen molar-refractivity contribution in [3.8, 4) is 5.75 Å². The van der Waals surface area contributed by atoms with E-state index in [9.17, 15) is 0 Å². The van der Waals surface area contributed by atoms with Crippen molar-refractivity contribution in [2.75, 3.05) is 0 Å². The summed E-state index contributed by atoms with van der Waals surface area (Å²) in [5.74, 6) is 0.838. The van der Waals surface area contributed by atoms with Gasteiger partial charge in [-0.15, -0.1) is 11.3 Å². The largest absolute Gasteiger partial charge is 0.486 e. The molecule has 2 rings (SSSR count). The molecule has 0 atom stereocenters. The van der Waals surface area contributed by atoms with E-state index < -0.39 is 0 Å². The number of hydrogen-bond donors (Lipinski definition) is 1. The third-order valence-electron chi connectivity index (χ3n) is 2.25. The highest BCUT2D eigenvalue weighted by molar-refractivity contribution is 7.11. The number of aromatic nitrogens is 1. The third-order valence-corrected chi connectivity index (χ3v) is 3.33. The van der Waals surface area contributed by atoms with E-state index in [1.165, 1.54) is 9.75 Å². The summed E-state index contributed by atoms with van der Waals surface area (Å²) in [4.78, 5) is 6.54. The molecule has 4 heteroatoms. The summed E-state index contributed by atoms with van der Waals surface area (Å²) < 4.78 is 5.69. The van der Waals surface area contributed by atoms with Gasteiger partial charge in [0.2, 0.25) is 0 Å². The van der Waals surface area contributed by atoms with Crippen LogP contribution in [0.4, 0.5) is 0 Å². The van der Waals surface area contributed by atoms with Gasteiger partial charge >= 0.3 is 0 Å². The van der Waals surface area contributed by atoms with E-state index in [-0.39, 0.29) is 0 Å². The Labute approximate surface area is 98.9 Å². The maximum absolute atomic E-state index is 5.69. The fourth-order valence-corrected chi connectivity index (χ4v) is 2.19. The zero-order valence-electron chi connectivity index (χ0n) is 9.14. The fraction of sp³-hybridized carbons (Fsp3) is 0.250. The molecule has 84 valence electrons. The Balaban J connectivity index is 1.99. The molecule has 2 heterocycles. The Morgan fingerprint density at radius 3 is 2.81 bits per heavy atom. The van der Waals surface area contributed by atoms with Gasteiger partial charge < -0.3 is 10.5 Å². The molecule has 0 unspecified atom stereocenters. The second-order valence-electron chi connectivity index (χ2n) is 3.45. The number of pyridine rings is 1. The Morgan fingerprint density at radius 2 is 2.12 bits per heavy atom. The van der Waals surface area contributed by atoms with Crippen LogP contribution in [-0.4, -0.2) is 4.98 Å². The first-order valence-electron chi connectivity index (χ1n) is 5.11. The van der Waals surface area contributed by atoms with Crippen molar-refractivity contribution in [2.45, 2.75) is 20.1 Å². The predicted octanol–water partition coefficient (Wildman–Crippen LogP) is 2.49. The van der Waals surface area contributed by atoms with Gasteiger partial charge in [-0.25, -0.2) is 0 Å². The molecule has 2 aromatic rings. The molecule has 0 aromatic carbocycles. The molecule has 0 fully saturated rings. The van der Waals surface area contributed by atoms with E-state index in [0.717, 1.165) is 11.4 Å². The minimum atomic E-state index is 0.581. The van der Waals surface area contributed by atoms with Gasteiger partial charge in [-0.3, -0.25) is 4.98 Å². The summed E-state index contributed by atoms with van der Waals surface area (Å²) >= 11 is 1.69. The summed E-state index contributed by atoms with van der Waals surface area (Å²) in [7, 11) is 0. The Morgan fingerprint density at radius 1 is 1.31 bits per heavy atom. The average Bonchev–Trinajstić information content (AvgIpc) is 2.76. The molecule has 2 N–H and O–H groups in total. The monoisotopic (exact) mass is 234 g/mol. The standard InChI is InChI=1S/C12H14N2OS/c1-9-12(3-2-6-14-9)15-8-11-5-4-10(7-13)16-11/h2-6H,7-8,13H2,1H3. The lowest BCUT2D eigenvalue weighted by Crippen LogP contribution is -1.96. The van der Waals surface area contributed by atoms with E-state index in [4.69, 9.17) is 10.5 Å². The minimum Gasteiger partial charge on any atom is -0.486 e. The summed E-state index contributed by atoms with van der Waals surface area (Å²) in [6.45, 7) is 3.11. The number of nitrogens with two attached hydrogens (primary N) is 1. The average molecular weight is 234 g/mol. The number of ether oxygens (including phenoxy) is 1. The molecule has 0 spiro atoms. The quantitative estimate of drug-likeness (QED) is 0.884. The second kappa shape index (κ2) is 5.09. The van der Waals surface area contributed by atoms with Gasteiger partial charge in [0.1, 0.15) is 12.4 Å². The van der Waals surface area contributed by atoms with Crippen LogP contribution in [-0.2, 0) is 13.2 Å². The van der Waals surface area contributed by atoms with Crippen LogP contribution in [0.2, 0.25) is 0 Å². The molecule has 3 nitrogen and oxygen atoms in total. The van der Waals surface area contributed by atoms with E-state index in [0.29, 0.717) is 13.2 Å². The maximum atomic E-state index is 5.69. The number of thiophene rings is 1. The summed E-state index contributed by atoms with van der Waals surface area (Å²) in [5.41, 5.74) is 6.47. The molecule has 16 heavy (non-hydrogen) atoms. The first-order chi connectivity index (χ1) is 7.79. The molecule has 2 aromatic heterocycles. The van der Waals surface area contributed by atoms with Gasteiger partial charge in [-0.05, 0) is 31.2 Å². The topological polar surface area (TPSA) is 48.1 Å². The highest BCUT2D eigenvalue weighted by atomic mass is 32.1. The van der Waals surface area contributed by atoms with E-state index in [1.54, 1.807) is 17.5 Å². The smallest absolute Gasteiger partial charge is 0.141 e. The van der Waals surface area contributed by atoms with Crippen LogP contribution in [0.25, 0.3) is 0 Å². The van der Waals surface area contributed by atoms with Crippen molar-refractivity contribution in [2.24, 2.45) is 5.73 Å². The molecule has 0 radical (unpaired) electrons. The highest BCUT2D eigenvalue weighted by Gasteiger charge is 2.02. The molecule has 0 saturated heterocycles. The third kappa shape index (κ3) is 2.59. The minimum absolute atomic E-state index is 0.581. The van der Waals surface area contributed by atoms with Crippen molar-refractivity contribution in [1.82, 2.24) is 4.98 Å². The zero-order valence-corrected chi connectivity index (χ0v) is 9.96. The van der Waals surface area contributed by atoms with Gasteiger partial charge in [0.15, 0.2) is 0 Å². The van der Waals surface area contributed by atoms with Crippen molar-refractivity contribution < 1.29 is 4.74 Å². The maximum Gasteiger partial charge on any atom is 0.141 e. The number of aryl methyl sites for hydroxylation is 1. The Bertz CT molecular complexity index is 468. The van der Waals surface area contributed by atoms with Crippen molar-refractivity contribution in [3.63, 3.8) is 0 Å². The normalized spacial score (nSPS) is 10.4. The molecule has 0 aliphatic heterocycles. The van der Waals surface area contributed by atoms with Crippen LogP contribution in [0.5, 0.6) is 5.75 Å². The number of rotatable bonds is 4. The van der Waals surface area contributed by atoms with Gasteiger partial charge in [-0.1, -0.05) is 0 Å². The van der Waals surface area contributed by atoms with Crippen LogP contribution < -0.4 is 10.5 Å². The van der Waals surface area contributed by atoms with Crippen LogP contribution in [0, 0.1) is 6.92 Å². The lowest BCUT2D eigenvalue weighted by molar-refractivity contribution is 0.306. The molecule has 0 saturated carbocycles. The fourth-order valence-electron chi connectivity index (χ4n) is 1.38. The molecule has 0 bridgehead atoms. The summed E-state index contributed by atoms with van der Waals surface area (Å²) in [6, 6.07) is 7.90. The number of hydrogen-bond acceptors (Lipinski definition) is 4. The first kappa shape index (κ1) is 11.1. The van der Waals surface area contributed by atoms with Crippen LogP contribution in [0.15, 0.2) is 30.5 Å². The number of nitrogens with zero attached hydrogens (tertiary/aromatic N) is 1. The van der Waals surface area contributed by atoms with Gasteiger partial charge in [0.05, 0.1) is 5.69 Å². The zero-order chi connectivity index (χ0) is 11.4. The van der Waals surface area contributed by atoms with E-state index >= 15 is 0 Å². The molecule has 0 amide bonds. The Hall–Kier alpha value is -1.39. The lowest BCUT2D eigenvalue weighted by Gasteiger charge is -2.06. The van der Waals surface area contributed by atoms with Crippen LogP contribution >= 0.6 is 11.3 Å². The molecule has 0 aliphatic carbocycles. The van der Waals surface area contributed by atoms with Gasteiger partial charge in [0, 0.05) is 22.5 Å². The summed E-state index contributed by atoms with van der Waals surface area (Å²) in [6.07, 6.45) is 1.76. The Kier molecular flexibility index (Phi) is 3.54. The van der Waals surface area contributed by atoms with Gasteiger partial charge in [0.25, 0.3) is 0 Å². The van der Waals surface area contributed by atoms with Crippen LogP contribution in [0.1, 0.15) is 15.4 Å². The van der Waals surface area contributed by atoms with Crippen molar-refractivity contribution >= 4 is 11.3 Å². The highest BCUT2D eigenvalue weighted by Crippen LogP contribution is 2.20.